The fourth-order valence-corrected chi connectivity index (χ4v) is 4.65. The second kappa shape index (κ2) is 11.4. The predicted octanol–water partition coefficient (Wildman–Crippen LogP) is 2.71. The number of hydrogen-bond donors (Lipinski definition) is 0. The minimum Gasteiger partial charge on any atom is -0.379 e. The molecular weight excluding hydrogens is 466 g/mol. The summed E-state index contributed by atoms with van der Waals surface area (Å²) in [6.07, 6.45) is 0. The first-order valence-electron chi connectivity index (χ1n) is 12.1. The zero-order valence-corrected chi connectivity index (χ0v) is 20.4. The van der Waals surface area contributed by atoms with Crippen LogP contribution in [0.25, 0.3) is 11.4 Å². The van der Waals surface area contributed by atoms with Gasteiger partial charge in [-0.15, -0.1) is 5.10 Å². The first-order chi connectivity index (χ1) is 17.2. The van der Waals surface area contributed by atoms with Crippen LogP contribution in [-0.4, -0.2) is 83.7 Å². The van der Waals surface area contributed by atoms with Crippen molar-refractivity contribution in [3.63, 3.8) is 0 Å². The van der Waals surface area contributed by atoms with Crippen molar-refractivity contribution >= 4 is 11.6 Å². The monoisotopic (exact) mass is 495 g/mol. The number of aromatic nitrogens is 3. The third-order valence-corrected chi connectivity index (χ3v) is 6.76. The number of hydrogen-bond acceptors (Lipinski definition) is 7. The molecule has 2 aromatic carbocycles. The lowest BCUT2D eigenvalue weighted by atomic mass is 9.94. The topological polar surface area (TPSA) is 72.7 Å². The zero-order valence-electron chi connectivity index (χ0n) is 19.7. The van der Waals surface area contributed by atoms with Gasteiger partial charge in [0.1, 0.15) is 5.69 Å². The summed E-state index contributed by atoms with van der Waals surface area (Å²) in [5.41, 5.74) is 2.23. The highest BCUT2D eigenvalue weighted by atomic mass is 35.5. The lowest BCUT2D eigenvalue weighted by molar-refractivity contribution is 0.0202. The Morgan fingerprint density at radius 3 is 2.14 bits per heavy atom. The summed E-state index contributed by atoms with van der Waals surface area (Å²) in [6, 6.07) is 17.5. The van der Waals surface area contributed by atoms with Crippen LogP contribution in [0.3, 0.4) is 0 Å². The molecule has 9 heteroatoms. The van der Waals surface area contributed by atoms with Gasteiger partial charge in [-0.25, -0.2) is 9.67 Å². The van der Waals surface area contributed by atoms with Crippen molar-refractivity contribution in [2.45, 2.75) is 12.6 Å². The molecule has 2 saturated heterocycles. The first-order valence-corrected chi connectivity index (χ1v) is 12.5. The second-order valence-electron chi connectivity index (χ2n) is 8.88. The van der Waals surface area contributed by atoms with Gasteiger partial charge in [0.25, 0.3) is 5.56 Å². The van der Waals surface area contributed by atoms with Crippen LogP contribution in [0.2, 0.25) is 5.02 Å². The molecule has 0 unspecified atom stereocenters. The van der Waals surface area contributed by atoms with Gasteiger partial charge in [-0.3, -0.25) is 14.6 Å². The standard InChI is InChI=1S/C26H30ClN5O3/c27-22-8-6-20(7-9-22)23(18-30-10-14-34-15-11-30)24-26(33)32(19-31-12-16-35-17-13-31)29-25(28-24)21-4-2-1-3-5-21/h1-9,23H,10-19H2/t23-/m1/s1. The van der Waals surface area contributed by atoms with Gasteiger partial charge in [-0.1, -0.05) is 54.1 Å². The van der Waals surface area contributed by atoms with Crippen LogP contribution in [0, 0.1) is 0 Å². The second-order valence-corrected chi connectivity index (χ2v) is 9.32. The van der Waals surface area contributed by atoms with Gasteiger partial charge in [0, 0.05) is 49.2 Å². The van der Waals surface area contributed by atoms with E-state index < -0.39 is 0 Å². The van der Waals surface area contributed by atoms with Crippen molar-refractivity contribution in [1.29, 1.82) is 0 Å². The molecule has 2 aliphatic heterocycles. The SMILES string of the molecule is O=c1c([C@H](CN2CCOCC2)c2ccc(Cl)cc2)nc(-c2ccccc2)nn1CN1CCOCC1. The summed E-state index contributed by atoms with van der Waals surface area (Å²) in [5, 5.41) is 5.35. The summed E-state index contributed by atoms with van der Waals surface area (Å²) in [4.78, 5) is 23.3. The van der Waals surface area contributed by atoms with Crippen LogP contribution >= 0.6 is 11.6 Å². The van der Waals surface area contributed by atoms with Gasteiger partial charge in [0.2, 0.25) is 0 Å². The molecule has 5 rings (SSSR count). The molecule has 2 aliphatic rings. The zero-order chi connectivity index (χ0) is 24.0. The molecule has 0 N–H and O–H groups in total. The van der Waals surface area contributed by atoms with E-state index in [-0.39, 0.29) is 11.5 Å². The minimum atomic E-state index is -0.223. The Kier molecular flexibility index (Phi) is 7.85. The molecule has 0 saturated carbocycles. The third kappa shape index (κ3) is 5.97. The highest BCUT2D eigenvalue weighted by Crippen LogP contribution is 2.26. The maximum Gasteiger partial charge on any atom is 0.290 e. The molecule has 2 fully saturated rings. The average molecular weight is 496 g/mol. The Morgan fingerprint density at radius 2 is 1.49 bits per heavy atom. The maximum absolute atomic E-state index is 13.9. The predicted molar refractivity (Wildman–Crippen MR) is 135 cm³/mol. The highest BCUT2D eigenvalue weighted by molar-refractivity contribution is 6.30. The average Bonchev–Trinajstić information content (AvgIpc) is 2.91. The summed E-state index contributed by atoms with van der Waals surface area (Å²) >= 11 is 6.19. The molecule has 1 aromatic heterocycles. The van der Waals surface area contributed by atoms with E-state index in [4.69, 9.17) is 31.2 Å². The van der Waals surface area contributed by atoms with E-state index >= 15 is 0 Å². The molecule has 35 heavy (non-hydrogen) atoms. The molecule has 0 bridgehead atoms. The first kappa shape index (κ1) is 24.1. The molecule has 3 aromatic rings. The van der Waals surface area contributed by atoms with Crippen molar-refractivity contribution in [1.82, 2.24) is 24.6 Å². The van der Waals surface area contributed by atoms with Crippen LogP contribution in [0.15, 0.2) is 59.4 Å². The Hall–Kier alpha value is -2.62. The largest absolute Gasteiger partial charge is 0.379 e. The smallest absolute Gasteiger partial charge is 0.290 e. The van der Waals surface area contributed by atoms with E-state index in [1.807, 2.05) is 54.6 Å². The van der Waals surface area contributed by atoms with Crippen molar-refractivity contribution in [3.05, 3.63) is 81.2 Å². The van der Waals surface area contributed by atoms with E-state index in [1.165, 1.54) is 0 Å². The Labute approximate surface area is 210 Å². The summed E-state index contributed by atoms with van der Waals surface area (Å²) in [7, 11) is 0. The number of nitrogens with zero attached hydrogens (tertiary/aromatic N) is 5. The third-order valence-electron chi connectivity index (χ3n) is 6.51. The molecular formula is C26H30ClN5O3. The Morgan fingerprint density at radius 1 is 0.857 bits per heavy atom. The Balaban J connectivity index is 1.59. The van der Waals surface area contributed by atoms with Crippen LogP contribution in [-0.2, 0) is 16.1 Å². The van der Waals surface area contributed by atoms with Crippen molar-refractivity contribution in [2.24, 2.45) is 0 Å². The normalized spacial score (nSPS) is 18.4. The van der Waals surface area contributed by atoms with Crippen LogP contribution in [0.4, 0.5) is 0 Å². The van der Waals surface area contributed by atoms with Crippen molar-refractivity contribution in [3.8, 4) is 11.4 Å². The van der Waals surface area contributed by atoms with Gasteiger partial charge >= 0.3 is 0 Å². The number of ether oxygens (including phenoxy) is 2. The van der Waals surface area contributed by atoms with E-state index in [1.54, 1.807) is 4.68 Å². The summed E-state index contributed by atoms with van der Waals surface area (Å²) in [6.45, 7) is 6.94. The highest BCUT2D eigenvalue weighted by Gasteiger charge is 2.26. The van der Waals surface area contributed by atoms with Crippen molar-refractivity contribution < 1.29 is 9.47 Å². The molecule has 1 atom stereocenters. The lowest BCUT2D eigenvalue weighted by Crippen LogP contribution is -2.43. The van der Waals surface area contributed by atoms with Crippen LogP contribution in [0.5, 0.6) is 0 Å². The van der Waals surface area contributed by atoms with Gasteiger partial charge in [0.15, 0.2) is 5.82 Å². The Bertz CT molecular complexity index is 1160. The molecule has 3 heterocycles. The molecule has 8 nitrogen and oxygen atoms in total. The van der Waals surface area contributed by atoms with E-state index in [2.05, 4.69) is 9.80 Å². The minimum absolute atomic E-state index is 0.163. The number of halogens is 1. The number of rotatable bonds is 7. The molecule has 0 spiro atoms. The van der Waals surface area contributed by atoms with Gasteiger partial charge in [-0.2, -0.15) is 0 Å². The van der Waals surface area contributed by atoms with Gasteiger partial charge in [-0.05, 0) is 17.7 Å². The maximum atomic E-state index is 13.9. The van der Waals surface area contributed by atoms with E-state index in [9.17, 15) is 4.79 Å². The number of benzene rings is 2. The molecule has 0 aliphatic carbocycles. The molecule has 0 radical (unpaired) electrons. The van der Waals surface area contributed by atoms with E-state index in [0.29, 0.717) is 56.2 Å². The summed E-state index contributed by atoms with van der Waals surface area (Å²) < 4.78 is 12.6. The van der Waals surface area contributed by atoms with Crippen LogP contribution < -0.4 is 5.56 Å². The van der Waals surface area contributed by atoms with Crippen LogP contribution in [0.1, 0.15) is 17.2 Å². The van der Waals surface area contributed by atoms with E-state index in [0.717, 1.165) is 37.3 Å². The fourth-order valence-electron chi connectivity index (χ4n) is 4.53. The van der Waals surface area contributed by atoms with Gasteiger partial charge < -0.3 is 9.47 Å². The van der Waals surface area contributed by atoms with Crippen molar-refractivity contribution in [2.75, 3.05) is 59.2 Å². The summed E-state index contributed by atoms with van der Waals surface area (Å²) in [5.74, 6) is 0.327. The fraction of sp³-hybridized carbons (Fsp3) is 0.423. The molecule has 184 valence electrons. The quantitative estimate of drug-likeness (QED) is 0.499. The molecule has 0 amide bonds. The van der Waals surface area contributed by atoms with Gasteiger partial charge in [0.05, 0.1) is 33.1 Å². The number of morpholine rings is 2. The lowest BCUT2D eigenvalue weighted by Gasteiger charge is -2.31.